The first-order chi connectivity index (χ1) is 9.79. The fourth-order valence-electron chi connectivity index (χ4n) is 1.79. The van der Waals surface area contributed by atoms with Crippen LogP contribution >= 0.6 is 0 Å². The van der Waals surface area contributed by atoms with Crippen LogP contribution < -0.4 is 5.32 Å². The molecule has 0 radical (unpaired) electrons. The zero-order valence-corrected chi connectivity index (χ0v) is 11.2. The summed E-state index contributed by atoms with van der Waals surface area (Å²) in [7, 11) is 0. The quantitative estimate of drug-likeness (QED) is 0.776. The molecule has 1 aliphatic rings. The van der Waals surface area contributed by atoms with Gasteiger partial charge in [-0.05, 0) is 18.4 Å². The fraction of sp³-hybridized carbons (Fsp3) is 0.571. The van der Waals surface area contributed by atoms with Crippen molar-refractivity contribution in [2.24, 2.45) is 0 Å². The van der Waals surface area contributed by atoms with E-state index in [1.807, 2.05) is 0 Å². The van der Waals surface area contributed by atoms with Crippen LogP contribution in [0.25, 0.3) is 0 Å². The molecule has 0 bridgehead atoms. The maximum Gasteiger partial charge on any atom is 0.455 e. The molecule has 0 saturated heterocycles. The van der Waals surface area contributed by atoms with Crippen molar-refractivity contribution in [1.82, 2.24) is 5.32 Å². The molecule has 0 amide bonds. The van der Waals surface area contributed by atoms with Gasteiger partial charge in [-0.1, -0.05) is 30.3 Å². The number of hydrogen-bond acceptors (Lipinski definition) is 2. The van der Waals surface area contributed by atoms with Gasteiger partial charge < -0.3 is 10.1 Å². The molecule has 1 saturated carbocycles. The molecule has 1 N–H and O–H groups in total. The summed E-state index contributed by atoms with van der Waals surface area (Å²) in [5.41, 5.74) is 0.573. The number of hydrogen-bond donors (Lipinski definition) is 1. The van der Waals surface area contributed by atoms with Crippen LogP contribution in [-0.2, 0) is 4.74 Å². The van der Waals surface area contributed by atoms with Gasteiger partial charge in [-0.15, -0.1) is 0 Å². The van der Waals surface area contributed by atoms with E-state index in [-0.39, 0.29) is 6.54 Å². The monoisotopic (exact) mass is 309 g/mol. The predicted octanol–water partition coefficient (Wildman–Crippen LogP) is 3.69. The molecule has 1 atom stereocenters. The van der Waals surface area contributed by atoms with Gasteiger partial charge >= 0.3 is 12.1 Å². The molecular weight excluding hydrogens is 293 g/mol. The summed E-state index contributed by atoms with van der Waals surface area (Å²) in [6.07, 6.45) is -4.46. The summed E-state index contributed by atoms with van der Waals surface area (Å²) >= 11 is 0. The van der Waals surface area contributed by atoms with Gasteiger partial charge in [0.1, 0.15) is 6.61 Å². The van der Waals surface area contributed by atoms with Crippen molar-refractivity contribution in [2.45, 2.75) is 37.1 Å². The molecule has 0 aliphatic heterocycles. The van der Waals surface area contributed by atoms with Crippen LogP contribution in [0.3, 0.4) is 0 Å². The second-order valence-electron chi connectivity index (χ2n) is 5.10. The third-order valence-electron chi connectivity index (χ3n) is 3.22. The summed E-state index contributed by atoms with van der Waals surface area (Å²) < 4.78 is 67.3. The van der Waals surface area contributed by atoms with E-state index in [1.54, 1.807) is 30.3 Å². The van der Waals surface area contributed by atoms with Crippen LogP contribution in [0.2, 0.25) is 0 Å². The summed E-state index contributed by atoms with van der Waals surface area (Å²) in [5.74, 6) is -4.85. The predicted molar refractivity (Wildman–Crippen MR) is 67.2 cm³/mol. The van der Waals surface area contributed by atoms with Gasteiger partial charge in [-0.25, -0.2) is 0 Å². The van der Waals surface area contributed by atoms with E-state index in [0.717, 1.165) is 12.8 Å². The normalized spacial score (nSPS) is 17.8. The lowest BCUT2D eigenvalue weighted by atomic mass is 10.1. The van der Waals surface area contributed by atoms with Gasteiger partial charge in [0, 0.05) is 12.6 Å². The van der Waals surface area contributed by atoms with Gasteiger partial charge in [-0.2, -0.15) is 22.0 Å². The van der Waals surface area contributed by atoms with Crippen molar-refractivity contribution < 1.29 is 26.7 Å². The summed E-state index contributed by atoms with van der Waals surface area (Å²) in [6.45, 7) is -1.47. The lowest BCUT2D eigenvalue weighted by molar-refractivity contribution is -0.300. The Morgan fingerprint density at radius 2 is 1.71 bits per heavy atom. The maximum absolute atomic E-state index is 12.9. The highest BCUT2D eigenvalue weighted by molar-refractivity contribution is 5.18. The van der Waals surface area contributed by atoms with E-state index in [1.165, 1.54) is 0 Å². The highest BCUT2D eigenvalue weighted by atomic mass is 19.4. The van der Waals surface area contributed by atoms with Gasteiger partial charge in [0.25, 0.3) is 0 Å². The Bertz CT molecular complexity index is 444. The second kappa shape index (κ2) is 6.27. The van der Waals surface area contributed by atoms with E-state index in [4.69, 9.17) is 4.74 Å². The summed E-state index contributed by atoms with van der Waals surface area (Å²) in [5, 5.41) is 3.08. The van der Waals surface area contributed by atoms with Crippen LogP contribution in [0.4, 0.5) is 22.0 Å². The SMILES string of the molecule is FC(F)(F)C(F)(F)COC(CNC1CC1)c1ccccc1. The summed E-state index contributed by atoms with van der Waals surface area (Å²) in [6, 6.07) is 8.70. The smallest absolute Gasteiger partial charge is 0.366 e. The molecule has 2 rings (SSSR count). The zero-order valence-electron chi connectivity index (χ0n) is 11.2. The second-order valence-corrected chi connectivity index (χ2v) is 5.10. The molecular formula is C14H16F5NO. The third kappa shape index (κ3) is 4.64. The van der Waals surface area contributed by atoms with Crippen LogP contribution in [0, 0.1) is 0 Å². The van der Waals surface area contributed by atoms with Crippen molar-refractivity contribution in [3.05, 3.63) is 35.9 Å². The molecule has 21 heavy (non-hydrogen) atoms. The molecule has 2 nitrogen and oxygen atoms in total. The standard InChI is InChI=1S/C14H16F5NO/c15-13(16,14(17,18)19)9-21-12(8-20-11-6-7-11)10-4-2-1-3-5-10/h1-5,11-12,20H,6-9H2. The van der Waals surface area contributed by atoms with Crippen LogP contribution in [0.1, 0.15) is 24.5 Å². The van der Waals surface area contributed by atoms with Crippen LogP contribution in [0.5, 0.6) is 0 Å². The minimum Gasteiger partial charge on any atom is -0.366 e. The number of ether oxygens (including phenoxy) is 1. The average molecular weight is 309 g/mol. The number of alkyl halides is 5. The first kappa shape index (κ1) is 16.2. The maximum atomic E-state index is 12.9. The molecule has 1 unspecified atom stereocenters. The zero-order chi connectivity index (χ0) is 15.5. The van der Waals surface area contributed by atoms with Crippen molar-refractivity contribution in [3.8, 4) is 0 Å². The third-order valence-corrected chi connectivity index (χ3v) is 3.22. The Balaban J connectivity index is 1.98. The van der Waals surface area contributed by atoms with Crippen LogP contribution in [-0.4, -0.2) is 31.3 Å². The van der Waals surface area contributed by atoms with Crippen molar-refractivity contribution in [3.63, 3.8) is 0 Å². The number of benzene rings is 1. The Morgan fingerprint density at radius 3 is 2.24 bits per heavy atom. The Labute approximate surface area is 119 Å². The lowest BCUT2D eigenvalue weighted by Gasteiger charge is -2.24. The van der Waals surface area contributed by atoms with Crippen molar-refractivity contribution in [2.75, 3.05) is 13.2 Å². The van der Waals surface area contributed by atoms with E-state index in [2.05, 4.69) is 5.32 Å². The van der Waals surface area contributed by atoms with Crippen molar-refractivity contribution in [1.29, 1.82) is 0 Å². The number of rotatable bonds is 7. The molecule has 1 aromatic rings. The van der Waals surface area contributed by atoms with Crippen LogP contribution in [0.15, 0.2) is 30.3 Å². The largest absolute Gasteiger partial charge is 0.455 e. The lowest BCUT2D eigenvalue weighted by Crippen LogP contribution is -2.41. The van der Waals surface area contributed by atoms with Crippen molar-refractivity contribution >= 4 is 0 Å². The molecule has 0 spiro atoms. The molecule has 118 valence electrons. The van der Waals surface area contributed by atoms with Gasteiger partial charge in [0.05, 0.1) is 6.10 Å². The Hall–Kier alpha value is -1.21. The molecule has 1 aliphatic carbocycles. The van der Waals surface area contributed by atoms with E-state index in [9.17, 15) is 22.0 Å². The highest BCUT2D eigenvalue weighted by Gasteiger charge is 2.57. The fourth-order valence-corrected chi connectivity index (χ4v) is 1.79. The van der Waals surface area contributed by atoms with Gasteiger partial charge in [0.15, 0.2) is 0 Å². The minimum atomic E-state index is -5.60. The van der Waals surface area contributed by atoms with E-state index < -0.39 is 24.8 Å². The summed E-state index contributed by atoms with van der Waals surface area (Å²) in [4.78, 5) is 0. The Kier molecular flexibility index (Phi) is 4.83. The van der Waals surface area contributed by atoms with E-state index in [0.29, 0.717) is 11.6 Å². The minimum absolute atomic E-state index is 0.211. The first-order valence-corrected chi connectivity index (χ1v) is 6.64. The number of nitrogens with one attached hydrogen (secondary N) is 1. The number of halogens is 5. The average Bonchev–Trinajstić information content (AvgIpc) is 3.22. The topological polar surface area (TPSA) is 21.3 Å². The van der Waals surface area contributed by atoms with E-state index >= 15 is 0 Å². The first-order valence-electron chi connectivity index (χ1n) is 6.64. The van der Waals surface area contributed by atoms with Gasteiger partial charge in [-0.3, -0.25) is 0 Å². The molecule has 7 heteroatoms. The molecule has 1 aromatic carbocycles. The molecule has 1 fully saturated rings. The Morgan fingerprint density at radius 1 is 1.10 bits per heavy atom. The molecule has 0 aromatic heterocycles. The highest BCUT2D eigenvalue weighted by Crippen LogP contribution is 2.36. The molecule has 0 heterocycles. The van der Waals surface area contributed by atoms with Gasteiger partial charge in [0.2, 0.25) is 0 Å².